The van der Waals surface area contributed by atoms with Crippen molar-refractivity contribution in [1.29, 1.82) is 0 Å². The minimum absolute atomic E-state index is 0.0188. The Bertz CT molecular complexity index is 980. The van der Waals surface area contributed by atoms with Crippen LogP contribution < -0.4 is 9.47 Å². The van der Waals surface area contributed by atoms with Gasteiger partial charge in [0.2, 0.25) is 0 Å². The summed E-state index contributed by atoms with van der Waals surface area (Å²) in [5, 5.41) is 10.0. The third-order valence-electron chi connectivity index (χ3n) is 6.97. The molecule has 5 heteroatoms. The summed E-state index contributed by atoms with van der Waals surface area (Å²) in [6.45, 7) is 8.23. The first-order valence-corrected chi connectivity index (χ1v) is 11.0. The van der Waals surface area contributed by atoms with E-state index in [4.69, 9.17) is 14.2 Å². The molecular weight excluding hydrogens is 392 g/mol. The van der Waals surface area contributed by atoms with Crippen LogP contribution in [0.1, 0.15) is 55.0 Å². The average molecular weight is 425 g/mol. The second-order valence-corrected chi connectivity index (χ2v) is 9.42. The van der Waals surface area contributed by atoms with Crippen LogP contribution in [0.5, 0.6) is 11.5 Å². The molecular formula is C26H32O5. The van der Waals surface area contributed by atoms with Gasteiger partial charge in [0, 0.05) is 11.5 Å². The van der Waals surface area contributed by atoms with E-state index in [1.54, 1.807) is 7.11 Å². The monoisotopic (exact) mass is 424 g/mol. The van der Waals surface area contributed by atoms with Crippen LogP contribution in [-0.2, 0) is 16.0 Å². The molecule has 0 aliphatic carbocycles. The first-order chi connectivity index (χ1) is 14.7. The van der Waals surface area contributed by atoms with Crippen LogP contribution >= 0.6 is 0 Å². The maximum absolute atomic E-state index is 12.2. The predicted molar refractivity (Wildman–Crippen MR) is 119 cm³/mol. The third kappa shape index (κ3) is 4.03. The van der Waals surface area contributed by atoms with E-state index in [-0.39, 0.29) is 18.1 Å². The molecule has 2 aliphatic heterocycles. The Morgan fingerprint density at radius 2 is 1.94 bits per heavy atom. The summed E-state index contributed by atoms with van der Waals surface area (Å²) in [5.41, 5.74) is 3.92. The maximum Gasteiger partial charge on any atom is 0.309 e. The van der Waals surface area contributed by atoms with E-state index in [1.807, 2.05) is 38.1 Å². The quantitative estimate of drug-likeness (QED) is 0.709. The molecule has 166 valence electrons. The Labute approximate surface area is 184 Å². The van der Waals surface area contributed by atoms with Gasteiger partial charge in [-0.1, -0.05) is 24.3 Å². The highest BCUT2D eigenvalue weighted by Gasteiger charge is 2.52. The van der Waals surface area contributed by atoms with Crippen LogP contribution in [0, 0.1) is 25.7 Å². The van der Waals surface area contributed by atoms with E-state index in [2.05, 4.69) is 26.0 Å². The minimum Gasteiger partial charge on any atom is -0.497 e. The number of carboxylic acids is 1. The van der Waals surface area contributed by atoms with Gasteiger partial charge < -0.3 is 19.3 Å². The normalized spacial score (nSPS) is 26.4. The molecule has 31 heavy (non-hydrogen) atoms. The standard InChI is InChI=1S/C26H32O5/c1-15-9-10-16(2)23-22(15)24-20(26(3,4)31-23)14-19(25(27)28)21(30-24)12-11-17-7-6-8-18(13-17)29-5/h6-10,13,19-21,24H,11-12,14H2,1-5H3,(H,27,28)/t19-,20+,21+,24+/m1/s1. The molecule has 1 saturated heterocycles. The zero-order chi connectivity index (χ0) is 22.3. The first kappa shape index (κ1) is 21.7. The summed E-state index contributed by atoms with van der Waals surface area (Å²) >= 11 is 0. The van der Waals surface area contributed by atoms with Gasteiger partial charge in [-0.15, -0.1) is 0 Å². The van der Waals surface area contributed by atoms with Gasteiger partial charge in [-0.3, -0.25) is 4.79 Å². The Hall–Kier alpha value is -2.53. The topological polar surface area (TPSA) is 65.0 Å². The van der Waals surface area contributed by atoms with Gasteiger partial charge in [-0.25, -0.2) is 0 Å². The van der Waals surface area contributed by atoms with E-state index in [9.17, 15) is 9.90 Å². The zero-order valence-corrected chi connectivity index (χ0v) is 19.0. The van der Waals surface area contributed by atoms with Gasteiger partial charge in [0.25, 0.3) is 0 Å². The number of aliphatic carboxylic acids is 1. The molecule has 1 N–H and O–H groups in total. The van der Waals surface area contributed by atoms with Gasteiger partial charge in [0.05, 0.1) is 25.2 Å². The van der Waals surface area contributed by atoms with Crippen molar-refractivity contribution in [1.82, 2.24) is 0 Å². The summed E-state index contributed by atoms with van der Waals surface area (Å²) in [4.78, 5) is 12.2. The van der Waals surface area contributed by atoms with Gasteiger partial charge in [0.15, 0.2) is 0 Å². The lowest BCUT2D eigenvalue weighted by Gasteiger charge is -2.51. The average Bonchev–Trinajstić information content (AvgIpc) is 2.74. The number of hydrogen-bond donors (Lipinski definition) is 1. The van der Waals surface area contributed by atoms with Crippen molar-refractivity contribution in [2.24, 2.45) is 11.8 Å². The van der Waals surface area contributed by atoms with E-state index in [1.165, 1.54) is 0 Å². The Morgan fingerprint density at radius 3 is 2.65 bits per heavy atom. The molecule has 0 bridgehead atoms. The maximum atomic E-state index is 12.2. The molecule has 0 aromatic heterocycles. The third-order valence-corrected chi connectivity index (χ3v) is 6.97. The van der Waals surface area contributed by atoms with Crippen molar-refractivity contribution in [2.45, 2.75) is 64.8 Å². The molecule has 4 rings (SSSR count). The fraction of sp³-hybridized carbons (Fsp3) is 0.500. The first-order valence-electron chi connectivity index (χ1n) is 11.0. The summed E-state index contributed by atoms with van der Waals surface area (Å²) in [7, 11) is 1.65. The van der Waals surface area contributed by atoms with E-state index in [0.717, 1.165) is 40.2 Å². The number of rotatable bonds is 5. The molecule has 2 aromatic carbocycles. The van der Waals surface area contributed by atoms with Gasteiger partial charge in [0.1, 0.15) is 17.1 Å². The largest absolute Gasteiger partial charge is 0.497 e. The predicted octanol–water partition coefficient (Wildman–Crippen LogP) is 5.26. The lowest BCUT2D eigenvalue weighted by Crippen LogP contribution is -2.52. The second kappa shape index (κ2) is 8.19. The fourth-order valence-electron chi connectivity index (χ4n) is 5.15. The van der Waals surface area contributed by atoms with Crippen molar-refractivity contribution in [3.05, 3.63) is 58.7 Å². The lowest BCUT2D eigenvalue weighted by atomic mass is 9.70. The molecule has 0 amide bonds. The van der Waals surface area contributed by atoms with Crippen molar-refractivity contribution in [3.8, 4) is 11.5 Å². The van der Waals surface area contributed by atoms with Crippen LogP contribution in [-0.4, -0.2) is 29.9 Å². The van der Waals surface area contributed by atoms with Crippen LogP contribution in [0.15, 0.2) is 36.4 Å². The van der Waals surface area contributed by atoms with Crippen LogP contribution in [0.2, 0.25) is 0 Å². The number of aryl methyl sites for hydroxylation is 3. The van der Waals surface area contributed by atoms with Crippen molar-refractivity contribution >= 4 is 5.97 Å². The number of ether oxygens (including phenoxy) is 3. The fourth-order valence-corrected chi connectivity index (χ4v) is 5.15. The highest BCUT2D eigenvalue weighted by Crippen LogP contribution is 2.54. The number of carboxylic acid groups (broad SMARTS) is 1. The Kier molecular flexibility index (Phi) is 5.73. The van der Waals surface area contributed by atoms with Crippen molar-refractivity contribution in [2.75, 3.05) is 7.11 Å². The Balaban J connectivity index is 1.65. The number of methoxy groups -OCH3 is 1. The summed E-state index contributed by atoms with van der Waals surface area (Å²) < 4.78 is 18.4. The van der Waals surface area contributed by atoms with Gasteiger partial charge in [-0.05, 0) is 75.8 Å². The molecule has 0 unspecified atom stereocenters. The number of carbonyl (C=O) groups is 1. The number of benzene rings is 2. The number of hydrogen-bond acceptors (Lipinski definition) is 4. The summed E-state index contributed by atoms with van der Waals surface area (Å²) in [5.74, 6) is 0.336. The van der Waals surface area contributed by atoms with E-state index < -0.39 is 17.5 Å². The zero-order valence-electron chi connectivity index (χ0n) is 19.0. The SMILES string of the molecule is COc1cccc(CC[C@@H]2O[C@@H]3c4c(C)ccc(C)c4OC(C)(C)[C@H]3C[C@H]2C(=O)O)c1. The summed E-state index contributed by atoms with van der Waals surface area (Å²) in [6.07, 6.45) is 1.41. The van der Waals surface area contributed by atoms with Crippen LogP contribution in [0.25, 0.3) is 0 Å². The molecule has 0 saturated carbocycles. The lowest BCUT2D eigenvalue weighted by molar-refractivity contribution is -0.188. The van der Waals surface area contributed by atoms with Crippen LogP contribution in [0.3, 0.4) is 0 Å². The smallest absolute Gasteiger partial charge is 0.309 e. The van der Waals surface area contributed by atoms with Gasteiger partial charge >= 0.3 is 5.97 Å². The van der Waals surface area contributed by atoms with E-state index in [0.29, 0.717) is 12.8 Å². The molecule has 0 radical (unpaired) electrons. The van der Waals surface area contributed by atoms with Crippen molar-refractivity contribution < 1.29 is 24.1 Å². The second-order valence-electron chi connectivity index (χ2n) is 9.42. The highest BCUT2D eigenvalue weighted by molar-refractivity contribution is 5.71. The molecule has 5 nitrogen and oxygen atoms in total. The molecule has 2 aliphatic rings. The molecule has 0 spiro atoms. The Morgan fingerprint density at radius 1 is 1.19 bits per heavy atom. The highest BCUT2D eigenvalue weighted by atomic mass is 16.5. The molecule has 2 aromatic rings. The van der Waals surface area contributed by atoms with Crippen molar-refractivity contribution in [3.63, 3.8) is 0 Å². The summed E-state index contributed by atoms with van der Waals surface area (Å²) in [6, 6.07) is 12.1. The molecule has 1 fully saturated rings. The van der Waals surface area contributed by atoms with Gasteiger partial charge in [-0.2, -0.15) is 0 Å². The van der Waals surface area contributed by atoms with E-state index >= 15 is 0 Å². The molecule has 4 atom stereocenters. The molecule has 2 heterocycles. The van der Waals surface area contributed by atoms with Crippen LogP contribution in [0.4, 0.5) is 0 Å². The minimum atomic E-state index is -0.795. The number of fused-ring (bicyclic) bond motifs is 3.